The van der Waals surface area contributed by atoms with Crippen LogP contribution in [-0.2, 0) is 9.47 Å². The Morgan fingerprint density at radius 1 is 1.25 bits per heavy atom. The third-order valence-corrected chi connectivity index (χ3v) is 3.08. The third-order valence-electron chi connectivity index (χ3n) is 3.08. The second kappa shape index (κ2) is 6.46. The lowest BCUT2D eigenvalue weighted by atomic mass is 10.2. The molecule has 0 aromatic heterocycles. The van der Waals surface area contributed by atoms with E-state index in [1.54, 1.807) is 0 Å². The number of hydrogen-bond donors (Lipinski definition) is 1. The number of ether oxygens (including phenoxy) is 3. The van der Waals surface area contributed by atoms with Crippen LogP contribution in [0.3, 0.4) is 0 Å². The van der Waals surface area contributed by atoms with Crippen molar-refractivity contribution >= 4 is 5.69 Å². The first-order chi connectivity index (χ1) is 9.46. The van der Waals surface area contributed by atoms with Gasteiger partial charge in [-0.1, -0.05) is 26.0 Å². The molecular formula is C16H25NO3. The molecule has 0 atom stereocenters. The topological polar surface area (TPSA) is 39.7 Å². The van der Waals surface area contributed by atoms with Crippen LogP contribution in [-0.4, -0.2) is 31.6 Å². The number of para-hydroxylation sites is 2. The Kier molecular flexibility index (Phi) is 4.89. The molecule has 1 fully saturated rings. The maximum Gasteiger partial charge on any atom is 0.162 e. The molecule has 0 saturated carbocycles. The van der Waals surface area contributed by atoms with Crippen LogP contribution in [0.25, 0.3) is 0 Å². The minimum atomic E-state index is -0.480. The molecule has 1 heterocycles. The molecule has 1 aliphatic heterocycles. The predicted molar refractivity (Wildman–Crippen MR) is 80.2 cm³/mol. The summed E-state index contributed by atoms with van der Waals surface area (Å²) in [6, 6.07) is 8.14. The summed E-state index contributed by atoms with van der Waals surface area (Å²) >= 11 is 0. The predicted octanol–water partition coefficient (Wildman–Crippen LogP) is 3.28. The highest BCUT2D eigenvalue weighted by atomic mass is 16.7. The van der Waals surface area contributed by atoms with Gasteiger partial charge in [-0.3, -0.25) is 0 Å². The number of benzene rings is 1. The smallest absolute Gasteiger partial charge is 0.162 e. The van der Waals surface area contributed by atoms with Crippen LogP contribution in [0.15, 0.2) is 24.3 Å². The molecule has 112 valence electrons. The van der Waals surface area contributed by atoms with Gasteiger partial charge in [0.15, 0.2) is 5.79 Å². The standard InChI is InChI=1S/C16H25NO3/c1-12(2)9-18-15-8-6-5-7-14(15)17-13-10-19-16(3,4)20-11-13/h5-8,12-13,17H,9-11H2,1-4H3. The summed E-state index contributed by atoms with van der Waals surface area (Å²) < 4.78 is 17.2. The zero-order valence-electron chi connectivity index (χ0n) is 12.8. The third kappa shape index (κ3) is 4.39. The van der Waals surface area contributed by atoms with Crippen molar-refractivity contribution in [1.29, 1.82) is 0 Å². The second-order valence-corrected chi connectivity index (χ2v) is 6.06. The zero-order valence-corrected chi connectivity index (χ0v) is 12.8. The van der Waals surface area contributed by atoms with Gasteiger partial charge in [0.1, 0.15) is 5.75 Å². The van der Waals surface area contributed by atoms with E-state index in [9.17, 15) is 0 Å². The molecule has 1 N–H and O–H groups in total. The fraction of sp³-hybridized carbons (Fsp3) is 0.625. The molecule has 0 radical (unpaired) electrons. The van der Waals surface area contributed by atoms with E-state index in [0.29, 0.717) is 25.7 Å². The van der Waals surface area contributed by atoms with Crippen LogP contribution in [0.2, 0.25) is 0 Å². The lowest BCUT2D eigenvalue weighted by Crippen LogP contribution is -2.45. The van der Waals surface area contributed by atoms with Crippen LogP contribution in [0, 0.1) is 5.92 Å². The maximum atomic E-state index is 5.84. The van der Waals surface area contributed by atoms with Crippen LogP contribution in [0.1, 0.15) is 27.7 Å². The SMILES string of the molecule is CC(C)COc1ccccc1NC1COC(C)(C)OC1. The van der Waals surface area contributed by atoms with E-state index in [0.717, 1.165) is 11.4 Å². The Morgan fingerprint density at radius 3 is 2.55 bits per heavy atom. The molecule has 0 aliphatic carbocycles. The fourth-order valence-corrected chi connectivity index (χ4v) is 1.96. The maximum absolute atomic E-state index is 5.84. The van der Waals surface area contributed by atoms with E-state index >= 15 is 0 Å². The van der Waals surface area contributed by atoms with Crippen molar-refractivity contribution in [3.05, 3.63) is 24.3 Å². The Balaban J connectivity index is 1.95. The summed E-state index contributed by atoms with van der Waals surface area (Å²) in [5.41, 5.74) is 0.991. The monoisotopic (exact) mass is 279 g/mol. The van der Waals surface area contributed by atoms with E-state index in [2.05, 4.69) is 19.2 Å². The summed E-state index contributed by atoms with van der Waals surface area (Å²) in [4.78, 5) is 0. The molecule has 1 aromatic rings. The van der Waals surface area contributed by atoms with Crippen LogP contribution in [0.4, 0.5) is 5.69 Å². The molecule has 4 nitrogen and oxygen atoms in total. The van der Waals surface area contributed by atoms with Crippen LogP contribution < -0.4 is 10.1 Å². The highest BCUT2D eigenvalue weighted by Crippen LogP contribution is 2.27. The van der Waals surface area contributed by atoms with E-state index in [4.69, 9.17) is 14.2 Å². The number of hydrogen-bond acceptors (Lipinski definition) is 4. The first kappa shape index (κ1) is 15.1. The van der Waals surface area contributed by atoms with E-state index in [1.807, 2.05) is 38.1 Å². The summed E-state index contributed by atoms with van der Waals surface area (Å²) in [6.45, 7) is 10.1. The molecule has 0 unspecified atom stereocenters. The summed E-state index contributed by atoms with van der Waals surface area (Å²) in [5, 5.41) is 3.44. The molecule has 20 heavy (non-hydrogen) atoms. The normalized spacial score (nSPS) is 19.1. The Labute approximate surface area is 121 Å². The Morgan fingerprint density at radius 2 is 1.90 bits per heavy atom. The average Bonchev–Trinajstić information content (AvgIpc) is 2.40. The summed E-state index contributed by atoms with van der Waals surface area (Å²) in [6.07, 6.45) is 0. The Hall–Kier alpha value is -1.26. The largest absolute Gasteiger partial charge is 0.491 e. The number of anilines is 1. The first-order valence-corrected chi connectivity index (χ1v) is 7.22. The van der Waals surface area contributed by atoms with Gasteiger partial charge in [-0.2, -0.15) is 0 Å². The van der Waals surface area contributed by atoms with Gasteiger partial charge in [-0.15, -0.1) is 0 Å². The fourth-order valence-electron chi connectivity index (χ4n) is 1.96. The second-order valence-electron chi connectivity index (χ2n) is 6.06. The molecule has 1 aromatic carbocycles. The van der Waals surface area contributed by atoms with Gasteiger partial charge < -0.3 is 19.5 Å². The molecular weight excluding hydrogens is 254 g/mol. The van der Waals surface area contributed by atoms with Crippen molar-refractivity contribution in [3.63, 3.8) is 0 Å². The van der Waals surface area contributed by atoms with Gasteiger partial charge in [-0.25, -0.2) is 0 Å². The van der Waals surface area contributed by atoms with Crippen LogP contribution >= 0.6 is 0 Å². The molecule has 1 aliphatic rings. The lowest BCUT2D eigenvalue weighted by Gasteiger charge is -2.35. The van der Waals surface area contributed by atoms with Crippen molar-refractivity contribution in [3.8, 4) is 5.75 Å². The lowest BCUT2D eigenvalue weighted by molar-refractivity contribution is -0.247. The van der Waals surface area contributed by atoms with Crippen molar-refractivity contribution in [2.24, 2.45) is 5.92 Å². The number of nitrogens with one attached hydrogen (secondary N) is 1. The molecule has 0 amide bonds. The molecule has 4 heteroatoms. The van der Waals surface area contributed by atoms with Gasteiger partial charge in [0, 0.05) is 0 Å². The van der Waals surface area contributed by atoms with Gasteiger partial charge in [0.05, 0.1) is 31.5 Å². The number of rotatable bonds is 5. The summed E-state index contributed by atoms with van der Waals surface area (Å²) in [7, 11) is 0. The highest BCUT2D eigenvalue weighted by molar-refractivity contribution is 5.56. The van der Waals surface area contributed by atoms with E-state index < -0.39 is 5.79 Å². The minimum Gasteiger partial charge on any atom is -0.491 e. The van der Waals surface area contributed by atoms with Crippen LogP contribution in [0.5, 0.6) is 5.75 Å². The van der Waals surface area contributed by atoms with E-state index in [-0.39, 0.29) is 6.04 Å². The summed E-state index contributed by atoms with van der Waals surface area (Å²) in [5.74, 6) is 0.905. The quantitative estimate of drug-likeness (QED) is 0.898. The van der Waals surface area contributed by atoms with Crippen molar-refractivity contribution in [2.45, 2.75) is 39.5 Å². The van der Waals surface area contributed by atoms with Gasteiger partial charge >= 0.3 is 0 Å². The van der Waals surface area contributed by atoms with Crippen molar-refractivity contribution in [1.82, 2.24) is 0 Å². The van der Waals surface area contributed by atoms with Gasteiger partial charge in [0.25, 0.3) is 0 Å². The average molecular weight is 279 g/mol. The van der Waals surface area contributed by atoms with Crippen molar-refractivity contribution < 1.29 is 14.2 Å². The molecule has 0 spiro atoms. The zero-order chi connectivity index (χ0) is 14.6. The molecule has 0 bridgehead atoms. The highest BCUT2D eigenvalue weighted by Gasteiger charge is 2.28. The Bertz CT molecular complexity index is 421. The van der Waals surface area contributed by atoms with Gasteiger partial charge in [-0.05, 0) is 31.9 Å². The molecule has 1 saturated heterocycles. The molecule has 2 rings (SSSR count). The van der Waals surface area contributed by atoms with Crippen molar-refractivity contribution in [2.75, 3.05) is 25.1 Å². The van der Waals surface area contributed by atoms with E-state index in [1.165, 1.54) is 0 Å². The first-order valence-electron chi connectivity index (χ1n) is 7.22. The minimum absolute atomic E-state index is 0.145. The van der Waals surface area contributed by atoms with Gasteiger partial charge in [0.2, 0.25) is 0 Å².